The highest BCUT2D eigenvalue weighted by Gasteiger charge is 2.17. The summed E-state index contributed by atoms with van der Waals surface area (Å²) in [5, 5.41) is 12.2. The maximum absolute atomic E-state index is 11.1. The predicted molar refractivity (Wildman–Crippen MR) is 71.1 cm³/mol. The third-order valence-electron chi connectivity index (χ3n) is 2.48. The SMILES string of the molecule is O=[N+]([O-])N(Cc1ccccc1)c1cccc(Cl)c1. The van der Waals surface area contributed by atoms with E-state index in [1.165, 1.54) is 0 Å². The van der Waals surface area contributed by atoms with E-state index < -0.39 is 5.03 Å². The predicted octanol–water partition coefficient (Wildman–Crippen LogP) is 3.54. The lowest BCUT2D eigenvalue weighted by Gasteiger charge is -2.14. The summed E-state index contributed by atoms with van der Waals surface area (Å²) in [5.74, 6) is 0. The number of nitrogens with zero attached hydrogens (tertiary/aromatic N) is 2. The standard InChI is InChI=1S/C13H11ClN2O2/c14-12-7-4-8-13(9-12)15(16(17)18)10-11-5-2-1-3-6-11/h1-9H,10H2. The van der Waals surface area contributed by atoms with E-state index in [0.29, 0.717) is 10.7 Å². The molecule has 0 aliphatic carbocycles. The van der Waals surface area contributed by atoms with Gasteiger partial charge in [0.25, 0.3) is 0 Å². The number of halogens is 1. The highest BCUT2D eigenvalue weighted by molar-refractivity contribution is 6.30. The smallest absolute Gasteiger partial charge is 0.165 e. The summed E-state index contributed by atoms with van der Waals surface area (Å²) >= 11 is 5.85. The molecule has 0 fully saturated rings. The molecule has 0 saturated carbocycles. The molecular formula is C13H11ClN2O2. The second kappa shape index (κ2) is 5.51. The van der Waals surface area contributed by atoms with Crippen LogP contribution in [0.4, 0.5) is 5.69 Å². The first-order valence-electron chi connectivity index (χ1n) is 5.38. The number of nitro groups is 1. The van der Waals surface area contributed by atoms with Crippen molar-refractivity contribution in [1.29, 1.82) is 0 Å². The van der Waals surface area contributed by atoms with Gasteiger partial charge in [-0.25, -0.2) is 10.1 Å². The van der Waals surface area contributed by atoms with Crippen molar-refractivity contribution < 1.29 is 5.03 Å². The topological polar surface area (TPSA) is 46.4 Å². The minimum absolute atomic E-state index is 0.203. The normalized spacial score (nSPS) is 10.1. The van der Waals surface area contributed by atoms with E-state index >= 15 is 0 Å². The zero-order valence-corrected chi connectivity index (χ0v) is 10.2. The molecule has 2 aromatic rings. The molecule has 0 atom stereocenters. The Balaban J connectivity index is 2.27. The van der Waals surface area contributed by atoms with Crippen LogP contribution in [0, 0.1) is 10.1 Å². The maximum Gasteiger partial charge on any atom is 0.165 e. The van der Waals surface area contributed by atoms with Crippen molar-refractivity contribution in [2.45, 2.75) is 6.54 Å². The zero-order chi connectivity index (χ0) is 13.0. The lowest BCUT2D eigenvalue weighted by Crippen LogP contribution is -2.29. The molecular weight excluding hydrogens is 252 g/mol. The Hall–Kier alpha value is -2.07. The Morgan fingerprint density at radius 2 is 1.83 bits per heavy atom. The second-order valence-corrected chi connectivity index (χ2v) is 4.20. The van der Waals surface area contributed by atoms with Crippen molar-refractivity contribution in [1.82, 2.24) is 0 Å². The summed E-state index contributed by atoms with van der Waals surface area (Å²) < 4.78 is 0. The van der Waals surface area contributed by atoms with Crippen molar-refractivity contribution in [3.63, 3.8) is 0 Å². The van der Waals surface area contributed by atoms with E-state index in [2.05, 4.69) is 0 Å². The molecule has 92 valence electrons. The fourth-order valence-corrected chi connectivity index (χ4v) is 1.82. The van der Waals surface area contributed by atoms with Gasteiger partial charge in [-0.05, 0) is 23.8 Å². The lowest BCUT2D eigenvalue weighted by atomic mass is 10.2. The maximum atomic E-state index is 11.1. The molecule has 0 radical (unpaired) electrons. The molecule has 0 saturated heterocycles. The molecule has 0 unspecified atom stereocenters. The first kappa shape index (κ1) is 12.4. The van der Waals surface area contributed by atoms with Gasteiger partial charge in [-0.3, -0.25) is 0 Å². The van der Waals surface area contributed by atoms with Crippen LogP contribution in [0.15, 0.2) is 54.6 Å². The Labute approximate surface area is 110 Å². The van der Waals surface area contributed by atoms with Gasteiger partial charge in [-0.1, -0.05) is 53.0 Å². The summed E-state index contributed by atoms with van der Waals surface area (Å²) in [7, 11) is 0. The van der Waals surface area contributed by atoms with E-state index in [4.69, 9.17) is 11.6 Å². The number of hydrazine groups is 1. The molecule has 18 heavy (non-hydrogen) atoms. The largest absolute Gasteiger partial charge is 0.234 e. The van der Waals surface area contributed by atoms with Crippen molar-refractivity contribution >= 4 is 17.3 Å². The number of benzene rings is 2. The molecule has 5 heteroatoms. The van der Waals surface area contributed by atoms with Gasteiger partial charge >= 0.3 is 0 Å². The van der Waals surface area contributed by atoms with E-state index in [0.717, 1.165) is 10.6 Å². The fraction of sp³-hybridized carbons (Fsp3) is 0.0769. The molecule has 0 aliphatic rings. The molecule has 0 aliphatic heterocycles. The van der Waals surface area contributed by atoms with E-state index in [1.54, 1.807) is 24.3 Å². The molecule has 0 aromatic heterocycles. The van der Waals surface area contributed by atoms with Crippen LogP contribution in [0.3, 0.4) is 0 Å². The molecule has 4 nitrogen and oxygen atoms in total. The van der Waals surface area contributed by atoms with Gasteiger partial charge in [-0.15, -0.1) is 0 Å². The molecule has 2 aromatic carbocycles. The summed E-state index contributed by atoms with van der Waals surface area (Å²) in [5.41, 5.74) is 1.34. The highest BCUT2D eigenvalue weighted by Crippen LogP contribution is 2.21. The summed E-state index contributed by atoms with van der Waals surface area (Å²) in [6.07, 6.45) is 0. The number of hydrogen-bond donors (Lipinski definition) is 0. The first-order valence-corrected chi connectivity index (χ1v) is 5.76. The van der Waals surface area contributed by atoms with Crippen molar-refractivity contribution in [2.24, 2.45) is 0 Å². The van der Waals surface area contributed by atoms with Crippen LogP contribution in [0.25, 0.3) is 0 Å². The molecule has 0 bridgehead atoms. The molecule has 0 N–H and O–H groups in total. The zero-order valence-electron chi connectivity index (χ0n) is 9.49. The van der Waals surface area contributed by atoms with Crippen molar-refractivity contribution in [2.75, 3.05) is 5.01 Å². The Morgan fingerprint density at radius 1 is 1.11 bits per heavy atom. The minimum atomic E-state index is -0.432. The van der Waals surface area contributed by atoms with E-state index in [9.17, 15) is 10.1 Å². The van der Waals surface area contributed by atoms with Crippen LogP contribution in [-0.4, -0.2) is 5.03 Å². The number of hydrogen-bond acceptors (Lipinski definition) is 2. The van der Waals surface area contributed by atoms with Gasteiger partial charge in [0.1, 0.15) is 12.2 Å². The molecule has 0 amide bonds. The van der Waals surface area contributed by atoms with Crippen LogP contribution in [0.2, 0.25) is 5.02 Å². The number of rotatable bonds is 4. The minimum Gasteiger partial charge on any atom is -0.234 e. The van der Waals surface area contributed by atoms with Crippen LogP contribution in [-0.2, 0) is 6.54 Å². The Kier molecular flexibility index (Phi) is 3.79. The molecule has 0 spiro atoms. The molecule has 2 rings (SSSR count). The van der Waals surface area contributed by atoms with Gasteiger partial charge in [0.2, 0.25) is 0 Å². The van der Waals surface area contributed by atoms with Gasteiger partial charge < -0.3 is 0 Å². The third kappa shape index (κ3) is 2.99. The summed E-state index contributed by atoms with van der Waals surface area (Å²) in [6.45, 7) is 0.203. The monoisotopic (exact) mass is 262 g/mol. The van der Waals surface area contributed by atoms with Crippen molar-refractivity contribution in [3.8, 4) is 0 Å². The van der Waals surface area contributed by atoms with Gasteiger partial charge in [-0.2, -0.15) is 0 Å². The Bertz CT molecular complexity index is 546. The van der Waals surface area contributed by atoms with Crippen LogP contribution in [0.1, 0.15) is 5.56 Å². The molecule has 0 heterocycles. The first-order chi connectivity index (χ1) is 8.66. The summed E-state index contributed by atoms with van der Waals surface area (Å²) in [6, 6.07) is 15.9. The average molecular weight is 263 g/mol. The third-order valence-corrected chi connectivity index (χ3v) is 2.71. The van der Waals surface area contributed by atoms with Crippen LogP contribution >= 0.6 is 11.6 Å². The van der Waals surface area contributed by atoms with Gasteiger partial charge in [0.05, 0.1) is 0 Å². The van der Waals surface area contributed by atoms with E-state index in [1.807, 2.05) is 30.3 Å². The van der Waals surface area contributed by atoms with Gasteiger partial charge in [0, 0.05) is 5.02 Å². The van der Waals surface area contributed by atoms with Crippen molar-refractivity contribution in [3.05, 3.63) is 75.3 Å². The highest BCUT2D eigenvalue weighted by atomic mass is 35.5. The van der Waals surface area contributed by atoms with E-state index in [-0.39, 0.29) is 6.54 Å². The number of anilines is 1. The van der Waals surface area contributed by atoms with Gasteiger partial charge in [0.15, 0.2) is 5.03 Å². The quantitative estimate of drug-likeness (QED) is 0.625. The second-order valence-electron chi connectivity index (χ2n) is 3.76. The average Bonchev–Trinajstić information content (AvgIpc) is 2.37. The fourth-order valence-electron chi connectivity index (χ4n) is 1.64. The summed E-state index contributed by atoms with van der Waals surface area (Å²) in [4.78, 5) is 11.1. The van der Waals surface area contributed by atoms with Crippen LogP contribution < -0.4 is 5.01 Å². The Morgan fingerprint density at radius 3 is 2.44 bits per heavy atom. The lowest BCUT2D eigenvalue weighted by molar-refractivity contribution is -0.496. The van der Waals surface area contributed by atoms with Crippen LogP contribution in [0.5, 0.6) is 0 Å².